The first-order chi connectivity index (χ1) is 13.0. The summed E-state index contributed by atoms with van der Waals surface area (Å²) in [7, 11) is 0. The highest BCUT2D eigenvalue weighted by Gasteiger charge is 2.43. The average Bonchev–Trinajstić information content (AvgIpc) is 2.99. The van der Waals surface area contributed by atoms with E-state index < -0.39 is 6.04 Å². The molecule has 0 aliphatic carbocycles. The van der Waals surface area contributed by atoms with Crippen molar-refractivity contribution in [2.45, 2.75) is 19.4 Å². The fourth-order valence-corrected chi connectivity index (χ4v) is 3.87. The zero-order valence-corrected chi connectivity index (χ0v) is 15.9. The number of rotatable bonds is 3. The SMILES string of the molecule is Cc1ccc(N2C(=O)C[C@H](N3CCN(c4ccccn4)CC3)C2=O)cc1Cl. The molecule has 2 aromatic rings. The Morgan fingerprint density at radius 3 is 2.52 bits per heavy atom. The molecule has 0 radical (unpaired) electrons. The number of piperazine rings is 1. The van der Waals surface area contributed by atoms with Crippen molar-refractivity contribution in [3.8, 4) is 0 Å². The van der Waals surface area contributed by atoms with Crippen molar-refractivity contribution >= 4 is 34.9 Å². The minimum atomic E-state index is -0.400. The molecule has 4 rings (SSSR count). The van der Waals surface area contributed by atoms with Crippen molar-refractivity contribution in [3.05, 3.63) is 53.2 Å². The molecule has 2 saturated heterocycles. The van der Waals surface area contributed by atoms with Crippen molar-refractivity contribution in [1.82, 2.24) is 9.88 Å². The van der Waals surface area contributed by atoms with Crippen LogP contribution in [0.2, 0.25) is 5.02 Å². The molecule has 2 amide bonds. The van der Waals surface area contributed by atoms with E-state index in [0.717, 1.165) is 37.6 Å². The monoisotopic (exact) mass is 384 g/mol. The lowest BCUT2D eigenvalue weighted by Gasteiger charge is -2.37. The van der Waals surface area contributed by atoms with Gasteiger partial charge in [0.15, 0.2) is 0 Å². The van der Waals surface area contributed by atoms with Gasteiger partial charge < -0.3 is 4.90 Å². The average molecular weight is 385 g/mol. The molecule has 1 aromatic carbocycles. The van der Waals surface area contributed by atoms with Gasteiger partial charge in [0.25, 0.3) is 5.91 Å². The van der Waals surface area contributed by atoms with Gasteiger partial charge in [0.1, 0.15) is 5.82 Å². The summed E-state index contributed by atoms with van der Waals surface area (Å²) in [4.78, 5) is 35.5. The lowest BCUT2D eigenvalue weighted by Crippen LogP contribution is -2.52. The van der Waals surface area contributed by atoms with Gasteiger partial charge in [0, 0.05) is 37.4 Å². The minimum Gasteiger partial charge on any atom is -0.354 e. The highest BCUT2D eigenvalue weighted by Crippen LogP contribution is 2.29. The number of pyridine rings is 1. The molecule has 2 aliphatic heterocycles. The van der Waals surface area contributed by atoms with Crippen LogP contribution in [0, 0.1) is 6.92 Å². The molecule has 3 heterocycles. The van der Waals surface area contributed by atoms with E-state index >= 15 is 0 Å². The molecule has 7 heteroatoms. The van der Waals surface area contributed by atoms with E-state index in [0.29, 0.717) is 10.7 Å². The number of benzene rings is 1. The van der Waals surface area contributed by atoms with Crippen LogP contribution in [0.15, 0.2) is 42.6 Å². The number of aryl methyl sites for hydroxylation is 1. The molecule has 140 valence electrons. The second kappa shape index (κ2) is 7.29. The minimum absolute atomic E-state index is 0.161. The van der Waals surface area contributed by atoms with E-state index in [2.05, 4.69) is 14.8 Å². The number of carbonyl (C=O) groups excluding carboxylic acids is 2. The first-order valence-electron chi connectivity index (χ1n) is 9.07. The number of halogens is 1. The van der Waals surface area contributed by atoms with Crippen molar-refractivity contribution in [2.24, 2.45) is 0 Å². The Kier molecular flexibility index (Phi) is 4.85. The number of imide groups is 1. The van der Waals surface area contributed by atoms with Gasteiger partial charge in [-0.2, -0.15) is 0 Å². The van der Waals surface area contributed by atoms with E-state index in [9.17, 15) is 9.59 Å². The quantitative estimate of drug-likeness (QED) is 0.761. The molecule has 27 heavy (non-hydrogen) atoms. The third-order valence-corrected chi connectivity index (χ3v) is 5.67. The Morgan fingerprint density at radius 2 is 1.85 bits per heavy atom. The van der Waals surface area contributed by atoms with E-state index in [1.807, 2.05) is 31.2 Å². The van der Waals surface area contributed by atoms with Gasteiger partial charge >= 0.3 is 0 Å². The van der Waals surface area contributed by atoms with Crippen LogP contribution < -0.4 is 9.80 Å². The summed E-state index contributed by atoms with van der Waals surface area (Å²) in [6.07, 6.45) is 2.00. The van der Waals surface area contributed by atoms with Gasteiger partial charge in [0.2, 0.25) is 5.91 Å². The first-order valence-corrected chi connectivity index (χ1v) is 9.45. The Balaban J connectivity index is 1.45. The maximum atomic E-state index is 13.0. The van der Waals surface area contributed by atoms with Gasteiger partial charge in [-0.05, 0) is 36.8 Å². The Labute approximate surface area is 163 Å². The molecule has 1 atom stereocenters. The summed E-state index contributed by atoms with van der Waals surface area (Å²) in [5, 5.41) is 0.556. The van der Waals surface area contributed by atoms with Gasteiger partial charge in [-0.15, -0.1) is 0 Å². The summed E-state index contributed by atoms with van der Waals surface area (Å²) >= 11 is 6.18. The van der Waals surface area contributed by atoms with E-state index in [4.69, 9.17) is 11.6 Å². The third kappa shape index (κ3) is 3.42. The van der Waals surface area contributed by atoms with E-state index in [-0.39, 0.29) is 18.2 Å². The predicted octanol–water partition coefficient (Wildman–Crippen LogP) is 2.50. The fraction of sp³-hybridized carbons (Fsp3) is 0.350. The Bertz CT molecular complexity index is 866. The lowest BCUT2D eigenvalue weighted by molar-refractivity contribution is -0.123. The van der Waals surface area contributed by atoms with Crippen LogP contribution in [0.5, 0.6) is 0 Å². The Morgan fingerprint density at radius 1 is 1.07 bits per heavy atom. The summed E-state index contributed by atoms with van der Waals surface area (Å²) in [6.45, 7) is 4.91. The number of hydrogen-bond acceptors (Lipinski definition) is 5. The molecule has 0 spiro atoms. The smallest absolute Gasteiger partial charge is 0.251 e. The number of carbonyl (C=O) groups is 2. The maximum absolute atomic E-state index is 13.0. The highest BCUT2D eigenvalue weighted by atomic mass is 35.5. The van der Waals surface area contributed by atoms with E-state index in [1.54, 1.807) is 18.3 Å². The standard InChI is InChI=1S/C20H21ClN4O2/c1-14-5-6-15(12-16(14)21)25-19(26)13-17(20(25)27)23-8-10-24(11-9-23)18-4-2-3-7-22-18/h2-7,12,17H,8-11,13H2,1H3/t17-/m0/s1. The predicted molar refractivity (Wildman–Crippen MR) is 105 cm³/mol. The van der Waals surface area contributed by atoms with Crippen molar-refractivity contribution in [3.63, 3.8) is 0 Å². The van der Waals surface area contributed by atoms with Crippen LogP contribution in [0.25, 0.3) is 0 Å². The van der Waals surface area contributed by atoms with Crippen LogP contribution in [-0.2, 0) is 9.59 Å². The number of nitrogens with zero attached hydrogens (tertiary/aromatic N) is 4. The molecule has 0 saturated carbocycles. The molecular weight excluding hydrogens is 364 g/mol. The van der Waals surface area contributed by atoms with Crippen molar-refractivity contribution in [1.29, 1.82) is 0 Å². The zero-order chi connectivity index (χ0) is 19.0. The number of amides is 2. The first kappa shape index (κ1) is 17.9. The van der Waals surface area contributed by atoms with Crippen LogP contribution in [-0.4, -0.2) is 53.9 Å². The molecule has 2 aliphatic rings. The molecule has 6 nitrogen and oxygen atoms in total. The zero-order valence-electron chi connectivity index (χ0n) is 15.1. The number of anilines is 2. The van der Waals surface area contributed by atoms with Gasteiger partial charge in [-0.25, -0.2) is 9.88 Å². The molecule has 1 aromatic heterocycles. The fourth-order valence-electron chi connectivity index (χ4n) is 3.70. The van der Waals surface area contributed by atoms with Crippen molar-refractivity contribution in [2.75, 3.05) is 36.0 Å². The van der Waals surface area contributed by atoms with Crippen LogP contribution in [0.4, 0.5) is 11.5 Å². The van der Waals surface area contributed by atoms with Crippen molar-refractivity contribution < 1.29 is 9.59 Å². The maximum Gasteiger partial charge on any atom is 0.251 e. The second-order valence-electron chi connectivity index (χ2n) is 6.93. The summed E-state index contributed by atoms with van der Waals surface area (Å²) < 4.78 is 0. The molecule has 0 bridgehead atoms. The van der Waals surface area contributed by atoms with Crippen LogP contribution in [0.1, 0.15) is 12.0 Å². The number of hydrogen-bond donors (Lipinski definition) is 0. The van der Waals surface area contributed by atoms with Crippen LogP contribution in [0.3, 0.4) is 0 Å². The third-order valence-electron chi connectivity index (χ3n) is 5.26. The van der Waals surface area contributed by atoms with E-state index in [1.165, 1.54) is 4.90 Å². The normalized spacial score (nSPS) is 21.2. The highest BCUT2D eigenvalue weighted by molar-refractivity contribution is 6.32. The molecule has 0 N–H and O–H groups in total. The topological polar surface area (TPSA) is 56.8 Å². The van der Waals surface area contributed by atoms with Gasteiger partial charge in [-0.3, -0.25) is 14.5 Å². The largest absolute Gasteiger partial charge is 0.354 e. The Hall–Kier alpha value is -2.44. The van der Waals surface area contributed by atoms with Gasteiger partial charge in [0.05, 0.1) is 18.2 Å². The summed E-state index contributed by atoms with van der Waals surface area (Å²) in [6, 6.07) is 10.8. The summed E-state index contributed by atoms with van der Waals surface area (Å²) in [5.74, 6) is 0.616. The lowest BCUT2D eigenvalue weighted by atomic mass is 10.1. The molecule has 2 fully saturated rings. The van der Waals surface area contributed by atoms with Crippen LogP contribution >= 0.6 is 11.6 Å². The summed E-state index contributed by atoms with van der Waals surface area (Å²) in [5.41, 5.74) is 1.47. The van der Waals surface area contributed by atoms with Gasteiger partial charge in [-0.1, -0.05) is 23.7 Å². The number of aromatic nitrogens is 1. The molecular formula is C20H21ClN4O2. The second-order valence-corrected chi connectivity index (χ2v) is 7.34. The molecule has 0 unspecified atom stereocenters.